The Morgan fingerprint density at radius 3 is 2.88 bits per heavy atom. The van der Waals surface area contributed by atoms with E-state index >= 15 is 0 Å². The van der Waals surface area contributed by atoms with Crippen LogP contribution in [0.2, 0.25) is 4.34 Å². The van der Waals surface area contributed by atoms with E-state index in [4.69, 9.17) is 16.6 Å². The zero-order valence-corrected chi connectivity index (χ0v) is 20.3. The molecule has 1 fully saturated rings. The monoisotopic (exact) mass is 500 g/mol. The van der Waals surface area contributed by atoms with Gasteiger partial charge in [-0.2, -0.15) is 5.10 Å². The lowest BCUT2D eigenvalue weighted by Crippen LogP contribution is -2.49. The third kappa shape index (κ3) is 4.42. The van der Waals surface area contributed by atoms with Crippen molar-refractivity contribution in [2.45, 2.75) is 57.7 Å². The Kier molecular flexibility index (Phi) is 6.32. The van der Waals surface area contributed by atoms with Gasteiger partial charge in [-0.15, -0.1) is 0 Å². The number of aliphatic hydroxyl groups excluding tert-OH is 1. The minimum Gasteiger partial charge on any atom is -0.389 e. The minimum atomic E-state index is -0.793. The van der Waals surface area contributed by atoms with Crippen LogP contribution < -0.4 is 5.32 Å². The first-order valence-corrected chi connectivity index (χ1v) is 12.4. The van der Waals surface area contributed by atoms with E-state index in [1.807, 2.05) is 6.07 Å². The summed E-state index contributed by atoms with van der Waals surface area (Å²) >= 11 is 7.05. The van der Waals surface area contributed by atoms with Crippen LogP contribution in [0, 0.1) is 5.92 Å². The Balaban J connectivity index is 1.50. The van der Waals surface area contributed by atoms with Crippen LogP contribution in [0.3, 0.4) is 0 Å². The molecular weight excluding hydrogens is 476 g/mol. The summed E-state index contributed by atoms with van der Waals surface area (Å²) in [5.74, 6) is 1.51. The molecule has 0 bridgehead atoms. The molecule has 3 atom stereocenters. The van der Waals surface area contributed by atoms with E-state index in [1.165, 1.54) is 12.5 Å². The number of carbonyl (C=O) groups is 1. The van der Waals surface area contributed by atoms with Crippen molar-refractivity contribution < 1.29 is 9.90 Å². The van der Waals surface area contributed by atoms with Gasteiger partial charge in [0.15, 0.2) is 10.8 Å². The maximum absolute atomic E-state index is 12.7. The lowest BCUT2D eigenvalue weighted by Gasteiger charge is -2.37. The number of imidazole rings is 1. The average Bonchev–Trinajstić information content (AvgIpc) is 3.54. The molecule has 4 heterocycles. The number of H-pyrrole nitrogens is 1. The molecule has 0 saturated heterocycles. The van der Waals surface area contributed by atoms with Crippen molar-refractivity contribution in [3.63, 3.8) is 0 Å². The number of carbonyl (C=O) groups excluding carboxylic acids is 1. The zero-order valence-electron chi connectivity index (χ0n) is 18.8. The van der Waals surface area contributed by atoms with Crippen LogP contribution >= 0.6 is 22.9 Å². The van der Waals surface area contributed by atoms with Crippen molar-refractivity contribution in [2.24, 2.45) is 5.92 Å². The van der Waals surface area contributed by atoms with Crippen LogP contribution in [-0.4, -0.2) is 57.9 Å². The normalized spacial score (nSPS) is 20.8. The van der Waals surface area contributed by atoms with E-state index in [0.717, 1.165) is 47.5 Å². The Hall–Kier alpha value is -2.89. The van der Waals surface area contributed by atoms with Crippen molar-refractivity contribution in [3.05, 3.63) is 40.0 Å². The fourth-order valence-corrected chi connectivity index (χ4v) is 5.39. The maximum Gasteiger partial charge on any atom is 0.280 e. The fraction of sp³-hybridized carbons (Fsp3) is 0.455. The predicted molar refractivity (Wildman–Crippen MR) is 129 cm³/mol. The number of nitrogens with zero attached hydrogens (tertiary/aromatic N) is 6. The number of rotatable bonds is 6. The topological polar surface area (TPSA) is 134 Å². The smallest absolute Gasteiger partial charge is 0.280 e. The number of aromatic amines is 1. The van der Waals surface area contributed by atoms with Gasteiger partial charge in [0.1, 0.15) is 27.7 Å². The predicted octanol–water partition coefficient (Wildman–Crippen LogP) is 3.41. The van der Waals surface area contributed by atoms with Gasteiger partial charge in [0.2, 0.25) is 0 Å². The summed E-state index contributed by atoms with van der Waals surface area (Å²) in [6.07, 6.45) is 6.89. The minimum absolute atomic E-state index is 0.248. The van der Waals surface area contributed by atoms with Crippen molar-refractivity contribution >= 4 is 39.9 Å². The van der Waals surface area contributed by atoms with Crippen molar-refractivity contribution in [2.75, 3.05) is 0 Å². The number of nitrogens with one attached hydrogen (secondary N) is 2. The van der Waals surface area contributed by atoms with E-state index in [0.29, 0.717) is 28.2 Å². The molecule has 0 radical (unpaired) electrons. The lowest BCUT2D eigenvalue weighted by molar-refractivity contribution is 0.0402. The number of pyridine rings is 1. The van der Waals surface area contributed by atoms with E-state index < -0.39 is 12.1 Å². The molecule has 1 unspecified atom stereocenters. The first-order valence-electron chi connectivity index (χ1n) is 11.2. The molecule has 0 aromatic carbocycles. The van der Waals surface area contributed by atoms with Gasteiger partial charge in [0, 0.05) is 6.42 Å². The van der Waals surface area contributed by atoms with Crippen molar-refractivity contribution in [1.82, 2.24) is 40.0 Å². The third-order valence-corrected chi connectivity index (χ3v) is 7.15. The van der Waals surface area contributed by atoms with Crippen LogP contribution in [0.4, 0.5) is 0 Å². The van der Waals surface area contributed by atoms with Crippen LogP contribution in [0.1, 0.15) is 54.8 Å². The lowest BCUT2D eigenvalue weighted by atomic mass is 9.87. The number of hydrogen-bond donors (Lipinski definition) is 3. The molecule has 1 aliphatic rings. The molecule has 0 spiro atoms. The second-order valence-electron chi connectivity index (χ2n) is 8.93. The van der Waals surface area contributed by atoms with E-state index in [-0.39, 0.29) is 17.0 Å². The Labute approximate surface area is 204 Å². The summed E-state index contributed by atoms with van der Waals surface area (Å²) in [5, 5.41) is 21.4. The third-order valence-electron chi connectivity index (χ3n) is 6.04. The number of halogens is 1. The first kappa shape index (κ1) is 22.9. The molecule has 10 nitrogen and oxygen atoms in total. The molecule has 5 rings (SSSR count). The fourth-order valence-electron chi connectivity index (χ4n) is 4.57. The number of hydrogen-bond acceptors (Lipinski definition) is 8. The molecule has 1 aliphatic carbocycles. The summed E-state index contributed by atoms with van der Waals surface area (Å²) in [7, 11) is 0. The molecule has 4 aromatic heterocycles. The standard InChI is InChI=1S/C22H25ClN8O2S/c1-11(2)6-18-28-14-8-24-13(20-26-10-27-30-20)7-16(14)31(18)15-5-3-4-12(19(15)32)29-21(33)22-25-9-17(23)34-22/h7-12,15,19,32H,3-6H2,1-2H3,(H,29,33)(H,26,27,30)/t12?,15-,19+/m1/s1. The summed E-state index contributed by atoms with van der Waals surface area (Å²) in [6, 6.07) is 1.27. The van der Waals surface area contributed by atoms with Gasteiger partial charge in [-0.25, -0.2) is 15.0 Å². The SMILES string of the molecule is CC(C)Cc1nc2cnc(-c3ncn[nH]3)cc2n1[C@@H]1CCCC(NC(=O)c2ncc(Cl)s2)[C@@H]1O. The molecule has 0 aliphatic heterocycles. The molecule has 1 saturated carbocycles. The zero-order chi connectivity index (χ0) is 23.8. The van der Waals surface area contributed by atoms with Crippen LogP contribution in [0.25, 0.3) is 22.6 Å². The highest BCUT2D eigenvalue weighted by Gasteiger charge is 2.36. The second-order valence-corrected chi connectivity index (χ2v) is 10.6. The Morgan fingerprint density at radius 1 is 1.32 bits per heavy atom. The van der Waals surface area contributed by atoms with Gasteiger partial charge in [-0.3, -0.25) is 14.9 Å². The average molecular weight is 501 g/mol. The van der Waals surface area contributed by atoms with E-state index in [1.54, 1.807) is 6.20 Å². The summed E-state index contributed by atoms with van der Waals surface area (Å²) < 4.78 is 2.58. The maximum atomic E-state index is 12.7. The van der Waals surface area contributed by atoms with Crippen molar-refractivity contribution in [1.29, 1.82) is 0 Å². The number of fused-ring (bicyclic) bond motifs is 1. The summed E-state index contributed by atoms with van der Waals surface area (Å²) in [5.41, 5.74) is 2.28. The van der Waals surface area contributed by atoms with Gasteiger partial charge in [0.25, 0.3) is 5.91 Å². The highest BCUT2D eigenvalue weighted by molar-refractivity contribution is 7.17. The Morgan fingerprint density at radius 2 is 2.18 bits per heavy atom. The molecule has 4 aromatic rings. The van der Waals surface area contributed by atoms with Crippen LogP contribution in [-0.2, 0) is 6.42 Å². The molecular formula is C22H25ClN8O2S. The van der Waals surface area contributed by atoms with Crippen LogP contribution in [0.15, 0.2) is 24.8 Å². The number of thiazole rings is 1. The number of aliphatic hydroxyl groups is 1. The molecule has 1 amide bonds. The van der Waals surface area contributed by atoms with Gasteiger partial charge in [0.05, 0.1) is 36.1 Å². The van der Waals surface area contributed by atoms with Crippen molar-refractivity contribution in [3.8, 4) is 11.5 Å². The van der Waals surface area contributed by atoms with E-state index in [9.17, 15) is 9.90 Å². The Bertz CT molecular complexity index is 1300. The molecule has 3 N–H and O–H groups in total. The summed E-state index contributed by atoms with van der Waals surface area (Å²) in [6.45, 7) is 4.28. The highest BCUT2D eigenvalue weighted by atomic mass is 35.5. The first-order chi connectivity index (χ1) is 16.4. The number of amides is 1. The van der Waals surface area contributed by atoms with E-state index in [2.05, 4.69) is 48.9 Å². The quantitative estimate of drug-likeness (QED) is 0.369. The molecule has 12 heteroatoms. The summed E-state index contributed by atoms with van der Waals surface area (Å²) in [4.78, 5) is 30.3. The molecule has 34 heavy (non-hydrogen) atoms. The highest BCUT2D eigenvalue weighted by Crippen LogP contribution is 2.35. The largest absolute Gasteiger partial charge is 0.389 e. The van der Waals surface area contributed by atoms with Gasteiger partial charge >= 0.3 is 0 Å². The molecule has 178 valence electrons. The second kappa shape index (κ2) is 9.40. The van der Waals surface area contributed by atoms with Gasteiger partial charge in [-0.05, 0) is 31.2 Å². The van der Waals surface area contributed by atoms with Crippen LogP contribution in [0.5, 0.6) is 0 Å². The van der Waals surface area contributed by atoms with Gasteiger partial charge < -0.3 is 15.0 Å². The van der Waals surface area contributed by atoms with Gasteiger partial charge in [-0.1, -0.05) is 36.8 Å². The number of aromatic nitrogens is 7.